The molecule has 9 nitrogen and oxygen atoms in total. The van der Waals surface area contributed by atoms with Crippen molar-refractivity contribution in [3.05, 3.63) is 106 Å². The summed E-state index contributed by atoms with van der Waals surface area (Å²) in [5, 5.41) is 24.6. The lowest BCUT2D eigenvalue weighted by Gasteiger charge is -2.18. The molecule has 0 aromatic heterocycles. The molecule has 3 N–H and O–H groups in total. The molecule has 0 spiro atoms. The predicted molar refractivity (Wildman–Crippen MR) is 151 cm³/mol. The van der Waals surface area contributed by atoms with Gasteiger partial charge in [-0.15, -0.1) is 0 Å². The van der Waals surface area contributed by atoms with Crippen molar-refractivity contribution in [2.75, 3.05) is 17.4 Å². The molecule has 0 saturated carbocycles. The minimum absolute atomic E-state index is 0.0365. The van der Waals surface area contributed by atoms with Crippen molar-refractivity contribution >= 4 is 40.6 Å². The Bertz CT molecular complexity index is 1780. The zero-order chi connectivity index (χ0) is 29.4. The summed E-state index contributed by atoms with van der Waals surface area (Å²) in [5.74, 6) is -3.64. The average molecular weight is 554 g/mol. The third-order valence-corrected chi connectivity index (χ3v) is 6.90. The topological polar surface area (TPSA) is 129 Å². The molecule has 1 aliphatic rings. The zero-order valence-corrected chi connectivity index (χ0v) is 22.2. The van der Waals surface area contributed by atoms with Crippen LogP contribution in [0.1, 0.15) is 37.4 Å². The van der Waals surface area contributed by atoms with E-state index in [4.69, 9.17) is 4.74 Å². The number of fused-ring (bicyclic) bond motifs is 1. The zero-order valence-electron chi connectivity index (χ0n) is 22.2. The number of nitrogens with one attached hydrogen (secondary N) is 1. The second-order valence-electron chi connectivity index (χ2n) is 9.41. The van der Waals surface area contributed by atoms with Gasteiger partial charge in [0.05, 0.1) is 29.6 Å². The minimum atomic E-state index is -1.44. The van der Waals surface area contributed by atoms with Crippen LogP contribution in [0.3, 0.4) is 0 Å². The number of aromatic carboxylic acids is 1. The number of esters is 1. The van der Waals surface area contributed by atoms with Gasteiger partial charge >= 0.3 is 11.9 Å². The Balaban J connectivity index is 1.56. The van der Waals surface area contributed by atoms with Gasteiger partial charge < -0.3 is 14.9 Å². The van der Waals surface area contributed by atoms with Gasteiger partial charge in [-0.1, -0.05) is 24.3 Å². The molecule has 41 heavy (non-hydrogen) atoms. The monoisotopic (exact) mass is 553 g/mol. The molecule has 0 unspecified atom stereocenters. The summed E-state index contributed by atoms with van der Waals surface area (Å²) in [4.78, 5) is 38.8. The molecule has 0 radical (unpaired) electrons. The first-order valence-electron chi connectivity index (χ1n) is 12.4. The van der Waals surface area contributed by atoms with Crippen LogP contribution in [0, 0.1) is 19.7 Å². The number of amides is 1. The molecular weight excluding hydrogens is 529 g/mol. The van der Waals surface area contributed by atoms with Crippen molar-refractivity contribution in [3.8, 4) is 16.9 Å². The standard InChI is InChI=1S/C31H24FN3O6/c1-16-7-10-20(13-17(16)2)35-26-15-19(31(40)41-3)8-11-22(26)27(29(35)37)34-33-25-6-4-5-21(28(25)36)18-9-12-24(32)23(14-18)30(38)39/h4-15,33,36H,1-3H3,(H,38,39)/b34-27-. The minimum Gasteiger partial charge on any atom is -0.505 e. The lowest BCUT2D eigenvalue weighted by atomic mass is 10.0. The molecular formula is C31H24FN3O6. The van der Waals surface area contributed by atoms with E-state index in [0.29, 0.717) is 16.9 Å². The fourth-order valence-electron chi connectivity index (χ4n) is 4.56. The summed E-state index contributed by atoms with van der Waals surface area (Å²) in [6, 6.07) is 18.4. The van der Waals surface area contributed by atoms with Crippen LogP contribution in [0.2, 0.25) is 0 Å². The number of anilines is 3. The number of ether oxygens (including phenoxy) is 1. The number of aryl methyl sites for hydroxylation is 2. The molecule has 10 heteroatoms. The first kappa shape index (κ1) is 27.1. The largest absolute Gasteiger partial charge is 0.505 e. The molecule has 1 heterocycles. The number of rotatable bonds is 6. The van der Waals surface area contributed by atoms with Crippen molar-refractivity contribution in [1.82, 2.24) is 0 Å². The van der Waals surface area contributed by atoms with Crippen molar-refractivity contribution in [3.63, 3.8) is 0 Å². The van der Waals surface area contributed by atoms with E-state index < -0.39 is 29.2 Å². The Morgan fingerprint density at radius 3 is 2.44 bits per heavy atom. The van der Waals surface area contributed by atoms with E-state index in [0.717, 1.165) is 23.3 Å². The number of carboxylic acid groups (broad SMARTS) is 1. The molecule has 1 aliphatic heterocycles. The molecule has 0 aliphatic carbocycles. The molecule has 0 atom stereocenters. The maximum Gasteiger partial charge on any atom is 0.338 e. The van der Waals surface area contributed by atoms with Gasteiger partial charge in [0.25, 0.3) is 5.91 Å². The number of benzene rings is 4. The summed E-state index contributed by atoms with van der Waals surface area (Å²) < 4.78 is 18.8. The number of phenols is 1. The molecule has 0 fully saturated rings. The lowest BCUT2D eigenvalue weighted by Crippen LogP contribution is -2.26. The van der Waals surface area contributed by atoms with Gasteiger partial charge in [-0.3, -0.25) is 15.1 Å². The Labute approximate surface area is 234 Å². The summed E-state index contributed by atoms with van der Waals surface area (Å²) in [6.45, 7) is 3.89. The number of carbonyl (C=O) groups is 3. The third kappa shape index (κ3) is 4.87. The van der Waals surface area contributed by atoms with E-state index in [9.17, 15) is 29.0 Å². The predicted octanol–water partition coefficient (Wildman–Crippen LogP) is 5.79. The number of para-hydroxylation sites is 1. The fourth-order valence-corrected chi connectivity index (χ4v) is 4.56. The van der Waals surface area contributed by atoms with E-state index in [1.54, 1.807) is 30.3 Å². The van der Waals surface area contributed by atoms with Crippen molar-refractivity contribution < 1.29 is 33.7 Å². The van der Waals surface area contributed by atoms with E-state index >= 15 is 0 Å². The summed E-state index contributed by atoms with van der Waals surface area (Å²) in [6.07, 6.45) is 0. The van der Waals surface area contributed by atoms with Crippen LogP contribution in [0.5, 0.6) is 5.75 Å². The molecule has 4 aromatic carbocycles. The Morgan fingerprint density at radius 1 is 0.951 bits per heavy atom. The highest BCUT2D eigenvalue weighted by molar-refractivity contribution is 6.55. The van der Waals surface area contributed by atoms with E-state index in [1.165, 1.54) is 30.2 Å². The molecule has 4 aromatic rings. The second-order valence-corrected chi connectivity index (χ2v) is 9.41. The summed E-state index contributed by atoms with van der Waals surface area (Å²) in [7, 11) is 1.27. The highest BCUT2D eigenvalue weighted by atomic mass is 19.1. The lowest BCUT2D eigenvalue weighted by molar-refractivity contribution is -0.111. The van der Waals surface area contributed by atoms with Crippen LogP contribution in [0.15, 0.2) is 77.9 Å². The van der Waals surface area contributed by atoms with Gasteiger partial charge in [0.1, 0.15) is 11.6 Å². The number of nitrogens with zero attached hydrogens (tertiary/aromatic N) is 2. The quantitative estimate of drug-likeness (QED) is 0.157. The number of halogens is 1. The SMILES string of the molecule is COC(=O)c1ccc2c(c1)N(c1ccc(C)c(C)c1)C(=O)/C2=N\Nc1cccc(-c2ccc(F)c(C(=O)O)c2)c1O. The van der Waals surface area contributed by atoms with E-state index in [2.05, 4.69) is 10.5 Å². The summed E-state index contributed by atoms with van der Waals surface area (Å²) in [5.41, 5.74) is 6.62. The number of methoxy groups -OCH3 is 1. The molecule has 206 valence electrons. The highest BCUT2D eigenvalue weighted by Crippen LogP contribution is 2.39. The number of hydrazone groups is 1. The van der Waals surface area contributed by atoms with Gasteiger partial charge in [-0.25, -0.2) is 14.0 Å². The average Bonchev–Trinajstić information content (AvgIpc) is 3.23. The third-order valence-electron chi connectivity index (χ3n) is 6.90. The fraction of sp³-hybridized carbons (Fsp3) is 0.0968. The van der Waals surface area contributed by atoms with E-state index in [-0.39, 0.29) is 33.8 Å². The van der Waals surface area contributed by atoms with Gasteiger partial charge in [-0.2, -0.15) is 5.10 Å². The van der Waals surface area contributed by atoms with E-state index in [1.807, 2.05) is 26.0 Å². The molecule has 5 rings (SSSR count). The van der Waals surface area contributed by atoms with Gasteiger partial charge in [0.15, 0.2) is 5.71 Å². The number of aromatic hydroxyl groups is 1. The first-order chi connectivity index (χ1) is 19.6. The highest BCUT2D eigenvalue weighted by Gasteiger charge is 2.36. The maximum atomic E-state index is 13.9. The number of carbonyl (C=O) groups excluding carboxylic acids is 2. The molecule has 0 bridgehead atoms. The van der Waals surface area contributed by atoms with Crippen molar-refractivity contribution in [1.29, 1.82) is 0 Å². The Kier molecular flexibility index (Phi) is 6.98. The molecule has 1 amide bonds. The van der Waals surface area contributed by atoms with Gasteiger partial charge in [-0.05, 0) is 79.1 Å². The smallest absolute Gasteiger partial charge is 0.338 e. The number of hydrogen-bond donors (Lipinski definition) is 3. The van der Waals surface area contributed by atoms with Crippen molar-refractivity contribution in [2.24, 2.45) is 5.10 Å². The van der Waals surface area contributed by atoms with Gasteiger partial charge in [0.2, 0.25) is 0 Å². The number of hydrogen-bond acceptors (Lipinski definition) is 7. The van der Waals surface area contributed by atoms with Crippen LogP contribution in [0.25, 0.3) is 11.1 Å². The van der Waals surface area contributed by atoms with Crippen LogP contribution in [0.4, 0.5) is 21.5 Å². The Morgan fingerprint density at radius 2 is 1.73 bits per heavy atom. The van der Waals surface area contributed by atoms with Gasteiger partial charge in [0, 0.05) is 16.8 Å². The van der Waals surface area contributed by atoms with Crippen molar-refractivity contribution in [2.45, 2.75) is 13.8 Å². The normalized spacial score (nSPS) is 13.3. The van der Waals surface area contributed by atoms with Crippen LogP contribution < -0.4 is 10.3 Å². The maximum absolute atomic E-state index is 13.9. The first-order valence-corrected chi connectivity index (χ1v) is 12.4. The Hall–Kier alpha value is -5.51. The van der Waals surface area contributed by atoms with Crippen LogP contribution >= 0.6 is 0 Å². The van der Waals surface area contributed by atoms with Crippen LogP contribution in [-0.2, 0) is 9.53 Å². The second kappa shape index (κ2) is 10.6. The van der Waals surface area contributed by atoms with Crippen LogP contribution in [-0.4, -0.2) is 40.9 Å². The summed E-state index contributed by atoms with van der Waals surface area (Å²) >= 11 is 0. The number of phenolic OH excluding ortho intramolecular Hbond substituents is 1. The molecule has 0 saturated heterocycles. The number of carboxylic acids is 1.